The Morgan fingerprint density at radius 2 is 1.80 bits per heavy atom. The molecule has 2 heteroatoms. The molecule has 0 spiro atoms. The van der Waals surface area contributed by atoms with E-state index in [0.717, 1.165) is 0 Å². The quantitative estimate of drug-likeness (QED) is 0.403. The topological polar surface area (TPSA) is 3.24 Å². The average molecular weight is 90.2 g/mol. The summed E-state index contributed by atoms with van der Waals surface area (Å²) >= 11 is 0. The third kappa shape index (κ3) is 4.18. The smallest absolute Gasteiger partial charge is 0.335 e. The molecule has 0 heterocycles. The van der Waals surface area contributed by atoms with E-state index in [9.17, 15) is 0 Å². The summed E-state index contributed by atoms with van der Waals surface area (Å²) in [4.78, 5) is 0. The van der Waals surface area contributed by atoms with Crippen LogP contribution in [-0.2, 0) is 0 Å². The van der Waals surface area contributed by atoms with Crippen molar-refractivity contribution in [3.63, 3.8) is 0 Å². The van der Waals surface area contributed by atoms with Gasteiger partial charge in [-0.05, 0) is 14.1 Å². The lowest BCUT2D eigenvalue weighted by Gasteiger charge is -1.99. The molecule has 32 valence electrons. The fourth-order valence-corrected chi connectivity index (χ4v) is 0. The third-order valence-electron chi connectivity index (χ3n) is 0.632. The monoisotopic (exact) mass is 90.1 g/mol. The van der Waals surface area contributed by atoms with E-state index in [2.05, 4.69) is 25.2 Å². The molecular formula is C3H12NSi+. The van der Waals surface area contributed by atoms with E-state index in [4.69, 9.17) is 0 Å². The van der Waals surface area contributed by atoms with Gasteiger partial charge in [-0.25, -0.2) is 0 Å². The highest BCUT2D eigenvalue weighted by Crippen LogP contribution is 1.60. The van der Waals surface area contributed by atoms with Gasteiger partial charge >= 0.3 is 1.43 Å². The SMILES string of the molecule is C[SiH2]N(C)C.[H+]. The Morgan fingerprint density at radius 3 is 1.80 bits per heavy atom. The van der Waals surface area contributed by atoms with Gasteiger partial charge in [0.1, 0.15) is 0 Å². The van der Waals surface area contributed by atoms with E-state index in [1.165, 1.54) is 0 Å². The second-order valence-electron chi connectivity index (χ2n) is 1.40. The number of hydrogen-bond donors (Lipinski definition) is 0. The molecule has 0 aliphatic rings. The maximum Gasteiger partial charge on any atom is 1.00 e. The fraction of sp³-hybridized carbons (Fsp3) is 1.00. The highest BCUT2D eigenvalue weighted by molar-refractivity contribution is 6.29. The standard InChI is InChI=1S/C3H11NSi/c1-4(2)5-3/h5H2,1-3H3/p+1. The van der Waals surface area contributed by atoms with Gasteiger partial charge in [0.2, 0.25) is 0 Å². The van der Waals surface area contributed by atoms with Gasteiger partial charge in [-0.3, -0.25) is 0 Å². The highest BCUT2D eigenvalue weighted by Gasteiger charge is 1.73. The van der Waals surface area contributed by atoms with Gasteiger partial charge < -0.3 is 4.57 Å². The fourth-order valence-electron chi connectivity index (χ4n) is 0. The lowest BCUT2D eigenvalue weighted by Crippen LogP contribution is -2.12. The molecule has 1 nitrogen and oxygen atoms in total. The zero-order valence-corrected chi connectivity index (χ0v) is 5.57. The predicted octanol–water partition coefficient (Wildman–Crippen LogP) is -0.208. The Balaban J connectivity index is 0. The van der Waals surface area contributed by atoms with Crippen LogP contribution >= 0.6 is 0 Å². The molecule has 0 aliphatic heterocycles. The van der Waals surface area contributed by atoms with Gasteiger partial charge in [0.25, 0.3) is 0 Å². The van der Waals surface area contributed by atoms with Crippen LogP contribution in [0.4, 0.5) is 0 Å². The normalized spacial score (nSPS) is 12.0. The molecule has 0 aliphatic carbocycles. The maximum atomic E-state index is 2.26. The van der Waals surface area contributed by atoms with Crippen molar-refractivity contribution < 1.29 is 1.43 Å². The highest BCUT2D eigenvalue weighted by atomic mass is 28.2. The van der Waals surface area contributed by atoms with Crippen molar-refractivity contribution >= 4 is 9.68 Å². The van der Waals surface area contributed by atoms with E-state index in [1.54, 1.807) is 0 Å². The molecule has 0 rings (SSSR count). The van der Waals surface area contributed by atoms with Crippen LogP contribution in [0.5, 0.6) is 0 Å². The van der Waals surface area contributed by atoms with E-state index in [1.807, 2.05) is 0 Å². The van der Waals surface area contributed by atoms with Crippen LogP contribution in [0.1, 0.15) is 1.43 Å². The van der Waals surface area contributed by atoms with E-state index in [-0.39, 0.29) is 11.1 Å². The molecule has 0 fully saturated rings. The van der Waals surface area contributed by atoms with Crippen LogP contribution in [0.2, 0.25) is 6.55 Å². The molecule has 0 amide bonds. The zero-order valence-electron chi connectivity index (χ0n) is 5.15. The second kappa shape index (κ2) is 2.42. The Morgan fingerprint density at radius 1 is 1.60 bits per heavy atom. The Hall–Kier alpha value is 0.177. The van der Waals surface area contributed by atoms with Crippen molar-refractivity contribution in [1.29, 1.82) is 0 Å². The Labute approximate surface area is 37.4 Å². The largest absolute Gasteiger partial charge is 1.00 e. The van der Waals surface area contributed by atoms with Crippen LogP contribution < -0.4 is 0 Å². The van der Waals surface area contributed by atoms with Crippen LogP contribution in [-0.4, -0.2) is 28.3 Å². The molecule has 0 unspecified atom stereocenters. The lowest BCUT2D eigenvalue weighted by molar-refractivity contribution is 0.665. The maximum absolute atomic E-state index is 2.26. The van der Waals surface area contributed by atoms with Crippen molar-refractivity contribution in [2.45, 2.75) is 6.55 Å². The summed E-state index contributed by atoms with van der Waals surface area (Å²) in [6.45, 7) is 2.26. The van der Waals surface area contributed by atoms with E-state index in [0.29, 0.717) is 0 Å². The first-order valence-corrected chi connectivity index (χ1v) is 3.96. The summed E-state index contributed by atoms with van der Waals surface area (Å²) in [6.07, 6.45) is 0. The summed E-state index contributed by atoms with van der Waals surface area (Å²) in [5.41, 5.74) is 0. The molecule has 0 aromatic heterocycles. The molecule has 0 bridgehead atoms. The molecule has 0 radical (unpaired) electrons. The molecule has 0 N–H and O–H groups in total. The van der Waals surface area contributed by atoms with Gasteiger partial charge in [0, 0.05) is 0 Å². The van der Waals surface area contributed by atoms with Crippen LogP contribution in [0, 0.1) is 0 Å². The van der Waals surface area contributed by atoms with Gasteiger partial charge in [-0.1, -0.05) is 6.55 Å². The van der Waals surface area contributed by atoms with Crippen molar-refractivity contribution in [2.24, 2.45) is 0 Å². The molecular weight excluding hydrogens is 78.1 g/mol. The first kappa shape index (κ1) is 5.18. The molecule has 0 aromatic rings. The third-order valence-corrected chi connectivity index (χ3v) is 1.90. The molecule has 0 atom stereocenters. The zero-order chi connectivity index (χ0) is 4.28. The van der Waals surface area contributed by atoms with E-state index >= 15 is 0 Å². The minimum atomic E-state index is 0. The predicted molar refractivity (Wildman–Crippen MR) is 29.2 cm³/mol. The average Bonchev–Trinajstić information content (AvgIpc) is 1.38. The van der Waals surface area contributed by atoms with Crippen molar-refractivity contribution in [1.82, 2.24) is 4.57 Å². The van der Waals surface area contributed by atoms with Gasteiger partial charge in [-0.2, -0.15) is 0 Å². The van der Waals surface area contributed by atoms with Crippen LogP contribution in [0.25, 0.3) is 0 Å². The molecule has 0 saturated heterocycles. The summed E-state index contributed by atoms with van der Waals surface area (Å²) < 4.78 is 2.26. The lowest BCUT2D eigenvalue weighted by atomic mass is 11.3. The summed E-state index contributed by atoms with van der Waals surface area (Å²) in [7, 11) is 4.42. The van der Waals surface area contributed by atoms with Crippen molar-refractivity contribution in [3.8, 4) is 0 Å². The molecule has 0 saturated carbocycles. The first-order chi connectivity index (χ1) is 2.27. The molecule has 5 heavy (non-hydrogen) atoms. The van der Waals surface area contributed by atoms with Gasteiger partial charge in [0.05, 0.1) is 9.68 Å². The minimum Gasteiger partial charge on any atom is -0.335 e. The first-order valence-electron chi connectivity index (χ1n) is 1.92. The number of rotatable bonds is 1. The Kier molecular flexibility index (Phi) is 2.50. The summed E-state index contributed by atoms with van der Waals surface area (Å²) in [5, 5.41) is 0. The second-order valence-corrected chi connectivity index (χ2v) is 3.29. The summed E-state index contributed by atoms with van der Waals surface area (Å²) in [5.74, 6) is 0. The number of nitrogens with zero attached hydrogens (tertiary/aromatic N) is 1. The Bertz CT molecular complexity index is 24.8. The number of hydrogen-bond acceptors (Lipinski definition) is 1. The van der Waals surface area contributed by atoms with Crippen molar-refractivity contribution in [2.75, 3.05) is 14.1 Å². The van der Waals surface area contributed by atoms with Gasteiger partial charge in [0.15, 0.2) is 0 Å². The van der Waals surface area contributed by atoms with Crippen LogP contribution in [0.3, 0.4) is 0 Å². The van der Waals surface area contributed by atoms with Crippen molar-refractivity contribution in [3.05, 3.63) is 0 Å². The van der Waals surface area contributed by atoms with E-state index < -0.39 is 0 Å². The summed E-state index contributed by atoms with van der Waals surface area (Å²) in [6, 6.07) is 0. The minimum absolute atomic E-state index is 0. The van der Waals surface area contributed by atoms with Gasteiger partial charge in [-0.15, -0.1) is 0 Å². The molecule has 0 aromatic carbocycles. The van der Waals surface area contributed by atoms with Crippen LogP contribution in [0.15, 0.2) is 0 Å².